The molecule has 0 bridgehead atoms. The Balaban J connectivity index is 1.60. The van der Waals surface area contributed by atoms with Gasteiger partial charge in [-0.2, -0.15) is 0 Å². The Bertz CT molecular complexity index is 1010. The maximum Gasteiger partial charge on any atom is 0.145 e. The third kappa shape index (κ3) is 3.26. The van der Waals surface area contributed by atoms with Crippen molar-refractivity contribution < 1.29 is 4.74 Å². The summed E-state index contributed by atoms with van der Waals surface area (Å²) in [6, 6.07) is 17.6. The summed E-state index contributed by atoms with van der Waals surface area (Å²) < 4.78 is 5.87. The highest BCUT2D eigenvalue weighted by atomic mass is 16.5. The van der Waals surface area contributed by atoms with Crippen molar-refractivity contribution in [3.63, 3.8) is 0 Å². The van der Waals surface area contributed by atoms with Crippen LogP contribution in [0.5, 0.6) is 11.5 Å². The van der Waals surface area contributed by atoms with Crippen molar-refractivity contribution in [3.05, 3.63) is 78.9 Å². The monoisotopic (exact) mass is 328 g/mol. The van der Waals surface area contributed by atoms with Gasteiger partial charge >= 0.3 is 0 Å². The molecule has 5 heteroatoms. The third-order valence-corrected chi connectivity index (χ3v) is 3.84. The molecule has 0 aliphatic heterocycles. The zero-order chi connectivity index (χ0) is 17.1. The van der Waals surface area contributed by atoms with Crippen LogP contribution in [0.1, 0.15) is 5.56 Å². The summed E-state index contributed by atoms with van der Waals surface area (Å²) >= 11 is 0. The molecule has 0 atom stereocenters. The highest BCUT2D eigenvalue weighted by Crippen LogP contribution is 2.29. The fraction of sp³-hybridized carbons (Fsp3) is 0.0500. The van der Waals surface area contributed by atoms with E-state index in [1.54, 1.807) is 18.7 Å². The topological polar surface area (TPSA) is 59.9 Å². The Hall–Kier alpha value is -3.47. The summed E-state index contributed by atoms with van der Waals surface area (Å²) in [5.74, 6) is 2.30. The molecule has 0 aliphatic rings. The number of nitrogens with one attached hydrogen (secondary N) is 1. The highest BCUT2D eigenvalue weighted by molar-refractivity contribution is 5.90. The molecule has 0 saturated carbocycles. The number of rotatable bonds is 4. The molecule has 0 aliphatic carbocycles. The Morgan fingerprint density at radius 2 is 1.88 bits per heavy atom. The quantitative estimate of drug-likeness (QED) is 0.579. The predicted octanol–water partition coefficient (Wildman–Crippen LogP) is 4.87. The van der Waals surface area contributed by atoms with Gasteiger partial charge in [0.2, 0.25) is 0 Å². The standard InChI is InChI=1S/C20H16N4O/c1-14-11-15(8-9-19(14)25-16-5-4-10-21-12-16)24-20-17-6-2-3-7-18(17)22-13-23-20/h2-13H,1H3,(H,22,23,24). The molecule has 5 nitrogen and oxygen atoms in total. The lowest BCUT2D eigenvalue weighted by Gasteiger charge is -2.12. The first-order chi connectivity index (χ1) is 12.3. The van der Waals surface area contributed by atoms with Gasteiger partial charge in [-0.3, -0.25) is 4.98 Å². The number of aromatic nitrogens is 3. The van der Waals surface area contributed by atoms with Gasteiger partial charge in [-0.25, -0.2) is 9.97 Å². The summed E-state index contributed by atoms with van der Waals surface area (Å²) in [6.45, 7) is 2.01. The number of ether oxygens (including phenoxy) is 1. The average molecular weight is 328 g/mol. The maximum atomic E-state index is 5.87. The lowest BCUT2D eigenvalue weighted by Crippen LogP contribution is -1.97. The molecule has 25 heavy (non-hydrogen) atoms. The van der Waals surface area contributed by atoms with E-state index >= 15 is 0 Å². The molecule has 4 aromatic rings. The molecule has 2 heterocycles. The van der Waals surface area contributed by atoms with Crippen molar-refractivity contribution in [1.29, 1.82) is 0 Å². The number of para-hydroxylation sites is 1. The van der Waals surface area contributed by atoms with Crippen LogP contribution in [0.2, 0.25) is 0 Å². The third-order valence-electron chi connectivity index (χ3n) is 3.84. The van der Waals surface area contributed by atoms with Crippen molar-refractivity contribution in [1.82, 2.24) is 15.0 Å². The molecule has 0 unspecified atom stereocenters. The molecule has 0 saturated heterocycles. The molecule has 1 N–H and O–H groups in total. The normalized spacial score (nSPS) is 10.6. The molecular formula is C20H16N4O. The fourth-order valence-corrected chi connectivity index (χ4v) is 2.62. The van der Waals surface area contributed by atoms with Gasteiger partial charge in [0.1, 0.15) is 23.6 Å². The van der Waals surface area contributed by atoms with Crippen LogP contribution in [0.15, 0.2) is 73.3 Å². The maximum absolute atomic E-state index is 5.87. The molecule has 122 valence electrons. The van der Waals surface area contributed by atoms with Crippen LogP contribution in [0.25, 0.3) is 10.9 Å². The Morgan fingerprint density at radius 1 is 0.960 bits per heavy atom. The molecule has 4 rings (SSSR count). The van der Waals surface area contributed by atoms with E-state index in [0.717, 1.165) is 33.7 Å². The molecule has 2 aromatic carbocycles. The van der Waals surface area contributed by atoms with E-state index in [-0.39, 0.29) is 0 Å². The van der Waals surface area contributed by atoms with Crippen LogP contribution in [0, 0.1) is 6.92 Å². The molecule has 2 aromatic heterocycles. The second-order valence-corrected chi connectivity index (χ2v) is 5.64. The molecule has 0 spiro atoms. The summed E-state index contributed by atoms with van der Waals surface area (Å²) in [5, 5.41) is 4.34. The van der Waals surface area contributed by atoms with E-state index in [2.05, 4.69) is 20.3 Å². The smallest absolute Gasteiger partial charge is 0.145 e. The van der Waals surface area contributed by atoms with E-state index in [1.807, 2.05) is 61.5 Å². The number of fused-ring (bicyclic) bond motifs is 1. The van der Waals surface area contributed by atoms with E-state index in [1.165, 1.54) is 0 Å². The van der Waals surface area contributed by atoms with Gasteiger partial charge in [0, 0.05) is 17.3 Å². The number of benzene rings is 2. The Morgan fingerprint density at radius 3 is 2.72 bits per heavy atom. The van der Waals surface area contributed by atoms with Crippen LogP contribution in [-0.2, 0) is 0 Å². The van der Waals surface area contributed by atoms with Crippen LogP contribution >= 0.6 is 0 Å². The minimum atomic E-state index is 0.716. The zero-order valence-electron chi connectivity index (χ0n) is 13.7. The van der Waals surface area contributed by atoms with Crippen molar-refractivity contribution in [2.24, 2.45) is 0 Å². The van der Waals surface area contributed by atoms with E-state index in [4.69, 9.17) is 4.74 Å². The van der Waals surface area contributed by atoms with Crippen molar-refractivity contribution in [2.75, 3.05) is 5.32 Å². The minimum absolute atomic E-state index is 0.716. The van der Waals surface area contributed by atoms with Crippen molar-refractivity contribution >= 4 is 22.4 Å². The number of nitrogens with zero attached hydrogens (tertiary/aromatic N) is 3. The first kappa shape index (κ1) is 15.1. The van der Waals surface area contributed by atoms with Crippen LogP contribution in [0.4, 0.5) is 11.5 Å². The van der Waals surface area contributed by atoms with E-state index < -0.39 is 0 Å². The van der Waals surface area contributed by atoms with E-state index in [9.17, 15) is 0 Å². The second-order valence-electron chi connectivity index (χ2n) is 5.64. The van der Waals surface area contributed by atoms with Gasteiger partial charge in [-0.1, -0.05) is 12.1 Å². The van der Waals surface area contributed by atoms with Crippen LogP contribution in [0.3, 0.4) is 0 Å². The zero-order valence-corrected chi connectivity index (χ0v) is 13.7. The molecule has 0 radical (unpaired) electrons. The lowest BCUT2D eigenvalue weighted by atomic mass is 10.2. The summed E-state index contributed by atoms with van der Waals surface area (Å²) in [4.78, 5) is 12.7. The van der Waals surface area contributed by atoms with Crippen LogP contribution < -0.4 is 10.1 Å². The number of anilines is 2. The number of pyridine rings is 1. The largest absolute Gasteiger partial charge is 0.455 e. The number of hydrogen-bond acceptors (Lipinski definition) is 5. The van der Waals surface area contributed by atoms with Crippen molar-refractivity contribution in [2.45, 2.75) is 6.92 Å². The Labute approximate surface area is 145 Å². The van der Waals surface area contributed by atoms with Gasteiger partial charge < -0.3 is 10.1 Å². The second kappa shape index (κ2) is 6.57. The predicted molar refractivity (Wildman–Crippen MR) is 98.3 cm³/mol. The van der Waals surface area contributed by atoms with Crippen molar-refractivity contribution in [3.8, 4) is 11.5 Å². The van der Waals surface area contributed by atoms with Crippen LogP contribution in [-0.4, -0.2) is 15.0 Å². The molecular weight excluding hydrogens is 312 g/mol. The van der Waals surface area contributed by atoms with Gasteiger partial charge in [0.05, 0.1) is 11.7 Å². The SMILES string of the molecule is Cc1cc(Nc2ncnc3ccccc23)ccc1Oc1cccnc1. The lowest BCUT2D eigenvalue weighted by molar-refractivity contribution is 0.476. The summed E-state index contributed by atoms with van der Waals surface area (Å²) in [7, 11) is 0. The average Bonchev–Trinajstić information content (AvgIpc) is 2.65. The van der Waals surface area contributed by atoms with Gasteiger partial charge in [-0.05, 0) is 55.0 Å². The molecule has 0 amide bonds. The highest BCUT2D eigenvalue weighted by Gasteiger charge is 2.06. The summed E-state index contributed by atoms with van der Waals surface area (Å²) in [5.41, 5.74) is 2.88. The first-order valence-corrected chi connectivity index (χ1v) is 7.95. The number of aryl methyl sites for hydroxylation is 1. The van der Waals surface area contributed by atoms with Gasteiger partial charge in [0.15, 0.2) is 0 Å². The van der Waals surface area contributed by atoms with Gasteiger partial charge in [0.25, 0.3) is 0 Å². The summed E-state index contributed by atoms with van der Waals surface area (Å²) in [6.07, 6.45) is 4.98. The minimum Gasteiger partial charge on any atom is -0.455 e. The fourth-order valence-electron chi connectivity index (χ4n) is 2.62. The first-order valence-electron chi connectivity index (χ1n) is 7.95. The van der Waals surface area contributed by atoms with E-state index in [0.29, 0.717) is 5.75 Å². The number of hydrogen-bond donors (Lipinski definition) is 1. The molecule has 0 fully saturated rings. The Kier molecular flexibility index (Phi) is 3.96. The van der Waals surface area contributed by atoms with Gasteiger partial charge in [-0.15, -0.1) is 0 Å².